The lowest BCUT2D eigenvalue weighted by atomic mass is 10.2. The van der Waals surface area contributed by atoms with Gasteiger partial charge in [-0.05, 0) is 34.0 Å². The Labute approximate surface area is 101 Å². The number of hydrogen-bond donors (Lipinski definition) is 0. The van der Waals surface area contributed by atoms with Gasteiger partial charge in [0.15, 0.2) is 0 Å². The van der Waals surface area contributed by atoms with Gasteiger partial charge >= 0.3 is 6.09 Å². The van der Waals surface area contributed by atoms with Gasteiger partial charge in [-0.2, -0.15) is 0 Å². The Hall–Kier alpha value is -0.710. The summed E-state index contributed by atoms with van der Waals surface area (Å²) in [6.07, 6.45) is 1.73. The van der Waals surface area contributed by atoms with E-state index in [4.69, 9.17) is 4.74 Å². The maximum Gasteiger partial charge on any atom is 0.410 e. The number of rotatable bonds is 0. The van der Waals surface area contributed by atoms with Gasteiger partial charge in [0.25, 0.3) is 0 Å². The lowest BCUT2D eigenvalue weighted by Crippen LogP contribution is -2.45. The van der Waals surface area contributed by atoms with Crippen LogP contribution in [-0.2, 0) is 4.74 Å². The van der Waals surface area contributed by atoms with Crippen LogP contribution in [0.5, 0.6) is 0 Å². The van der Waals surface area contributed by atoms with Crippen LogP contribution >= 0.6 is 11.8 Å². The topological polar surface area (TPSA) is 41.9 Å². The first-order chi connectivity index (χ1) is 7.31. The van der Waals surface area contributed by atoms with Crippen LogP contribution < -0.4 is 0 Å². The van der Waals surface area contributed by atoms with Gasteiger partial charge < -0.3 is 4.74 Å². The van der Waals surface area contributed by atoms with E-state index in [0.717, 1.165) is 5.04 Å². The molecule has 0 aromatic carbocycles. The second kappa shape index (κ2) is 5.08. The summed E-state index contributed by atoms with van der Waals surface area (Å²) in [5.74, 6) is 0. The molecule has 4 nitrogen and oxygen atoms in total. The number of thioether (sulfide) groups is 1. The van der Waals surface area contributed by atoms with Crippen molar-refractivity contribution in [3.05, 3.63) is 0 Å². The normalized spacial score (nSPS) is 21.7. The van der Waals surface area contributed by atoms with E-state index in [2.05, 4.69) is 4.99 Å². The molecular weight excluding hydrogens is 224 g/mol. The molecule has 0 aromatic rings. The number of nitrogens with zero attached hydrogens (tertiary/aromatic N) is 2. The minimum absolute atomic E-state index is 0.156. The fraction of sp³-hybridized carbons (Fsp3) is 0.818. The van der Waals surface area contributed by atoms with Gasteiger partial charge in [0, 0.05) is 6.54 Å². The Morgan fingerprint density at radius 1 is 1.56 bits per heavy atom. The summed E-state index contributed by atoms with van der Waals surface area (Å²) in [4.78, 5) is 18.0. The standard InChI is InChI=1S/C11H20N2O2S/c1-8-6-13(7-9(12-8)16-5)10(14)15-11(2,3)4/h8H,6-7H2,1-5H3/t8-/m0/s1. The average molecular weight is 244 g/mol. The van der Waals surface area contributed by atoms with E-state index in [0.29, 0.717) is 13.1 Å². The van der Waals surface area contributed by atoms with E-state index in [1.165, 1.54) is 0 Å². The number of carbonyl (C=O) groups is 1. The maximum absolute atomic E-state index is 11.9. The molecule has 0 saturated heterocycles. The van der Waals surface area contributed by atoms with E-state index in [1.807, 2.05) is 34.0 Å². The molecule has 0 fully saturated rings. The Morgan fingerprint density at radius 2 is 2.19 bits per heavy atom. The van der Waals surface area contributed by atoms with Crippen molar-refractivity contribution in [3.8, 4) is 0 Å². The van der Waals surface area contributed by atoms with Crippen molar-refractivity contribution < 1.29 is 9.53 Å². The third-order valence-electron chi connectivity index (χ3n) is 2.06. The van der Waals surface area contributed by atoms with Crippen molar-refractivity contribution in [1.29, 1.82) is 0 Å². The molecule has 0 spiro atoms. The minimum Gasteiger partial charge on any atom is -0.444 e. The molecule has 1 atom stereocenters. The molecule has 1 heterocycles. The van der Waals surface area contributed by atoms with Gasteiger partial charge in [0.2, 0.25) is 0 Å². The summed E-state index contributed by atoms with van der Waals surface area (Å²) in [6, 6.07) is 0.156. The van der Waals surface area contributed by atoms with E-state index >= 15 is 0 Å². The van der Waals surface area contributed by atoms with Crippen molar-refractivity contribution >= 4 is 22.9 Å². The molecule has 0 saturated carbocycles. The molecule has 1 aliphatic rings. The quantitative estimate of drug-likeness (QED) is 0.657. The van der Waals surface area contributed by atoms with Crippen molar-refractivity contribution in [3.63, 3.8) is 0 Å². The largest absolute Gasteiger partial charge is 0.444 e. The van der Waals surface area contributed by atoms with Gasteiger partial charge in [-0.1, -0.05) is 0 Å². The fourth-order valence-electron chi connectivity index (χ4n) is 1.46. The first-order valence-corrected chi connectivity index (χ1v) is 6.63. The highest BCUT2D eigenvalue weighted by Gasteiger charge is 2.27. The monoisotopic (exact) mass is 244 g/mol. The Balaban J connectivity index is 2.62. The lowest BCUT2D eigenvalue weighted by Gasteiger charge is -2.31. The molecule has 0 N–H and O–H groups in total. The Bertz CT molecular complexity index is 297. The van der Waals surface area contributed by atoms with Crippen LogP contribution in [0.25, 0.3) is 0 Å². The SMILES string of the molecule is CSC1=N[C@@H](C)CN(C(=O)OC(C)(C)C)C1. The smallest absolute Gasteiger partial charge is 0.410 e. The van der Waals surface area contributed by atoms with Crippen molar-refractivity contribution in [1.82, 2.24) is 4.90 Å². The second-order valence-corrected chi connectivity index (χ2v) is 5.82. The van der Waals surface area contributed by atoms with Gasteiger partial charge in [-0.15, -0.1) is 11.8 Å². The zero-order valence-electron chi connectivity index (χ0n) is 10.6. The van der Waals surface area contributed by atoms with E-state index in [1.54, 1.807) is 16.7 Å². The molecule has 16 heavy (non-hydrogen) atoms. The summed E-state index contributed by atoms with van der Waals surface area (Å²) in [6.45, 7) is 8.84. The molecule has 1 amide bonds. The van der Waals surface area contributed by atoms with Gasteiger partial charge in [0.1, 0.15) is 5.60 Å². The van der Waals surface area contributed by atoms with Crippen LogP contribution in [0.3, 0.4) is 0 Å². The zero-order valence-corrected chi connectivity index (χ0v) is 11.4. The predicted molar refractivity (Wildman–Crippen MR) is 68.2 cm³/mol. The molecule has 0 bridgehead atoms. The zero-order chi connectivity index (χ0) is 12.3. The number of aliphatic imine (C=N–C) groups is 1. The molecule has 92 valence electrons. The molecule has 1 aliphatic heterocycles. The maximum atomic E-state index is 11.9. The number of hydrogen-bond acceptors (Lipinski definition) is 4. The van der Waals surface area contributed by atoms with Crippen LogP contribution in [0.1, 0.15) is 27.7 Å². The average Bonchev–Trinajstić information content (AvgIpc) is 2.14. The number of ether oxygens (including phenoxy) is 1. The minimum atomic E-state index is -0.436. The van der Waals surface area contributed by atoms with E-state index in [-0.39, 0.29) is 12.1 Å². The molecule has 5 heteroatoms. The summed E-state index contributed by atoms with van der Waals surface area (Å²) >= 11 is 1.59. The Kier molecular flexibility index (Phi) is 4.24. The molecule has 0 unspecified atom stereocenters. The van der Waals surface area contributed by atoms with Crippen LogP contribution in [0.4, 0.5) is 4.79 Å². The Morgan fingerprint density at radius 3 is 2.69 bits per heavy atom. The highest BCUT2D eigenvalue weighted by molar-refractivity contribution is 8.13. The van der Waals surface area contributed by atoms with Crippen molar-refractivity contribution in [2.24, 2.45) is 4.99 Å². The van der Waals surface area contributed by atoms with Crippen LogP contribution in [0.2, 0.25) is 0 Å². The highest BCUT2D eigenvalue weighted by atomic mass is 32.2. The third kappa shape index (κ3) is 4.04. The van der Waals surface area contributed by atoms with Crippen molar-refractivity contribution in [2.75, 3.05) is 19.3 Å². The summed E-state index contributed by atoms with van der Waals surface area (Å²) in [5.41, 5.74) is -0.436. The predicted octanol–water partition coefficient (Wildman–Crippen LogP) is 2.39. The summed E-state index contributed by atoms with van der Waals surface area (Å²) < 4.78 is 5.34. The van der Waals surface area contributed by atoms with Gasteiger partial charge in [-0.3, -0.25) is 9.89 Å². The fourth-order valence-corrected chi connectivity index (χ4v) is 2.03. The van der Waals surface area contributed by atoms with Crippen LogP contribution in [0, 0.1) is 0 Å². The summed E-state index contributed by atoms with van der Waals surface area (Å²) in [7, 11) is 0. The van der Waals surface area contributed by atoms with Crippen LogP contribution in [0.15, 0.2) is 4.99 Å². The van der Waals surface area contributed by atoms with E-state index < -0.39 is 5.60 Å². The molecule has 0 radical (unpaired) electrons. The molecule has 0 aromatic heterocycles. The first kappa shape index (κ1) is 13.4. The highest BCUT2D eigenvalue weighted by Crippen LogP contribution is 2.15. The molecule has 1 rings (SSSR count). The second-order valence-electron chi connectivity index (χ2n) is 4.94. The first-order valence-electron chi connectivity index (χ1n) is 5.40. The van der Waals surface area contributed by atoms with Crippen LogP contribution in [-0.4, -0.2) is 47.0 Å². The van der Waals surface area contributed by atoms with E-state index in [9.17, 15) is 4.79 Å². The number of amides is 1. The van der Waals surface area contributed by atoms with Gasteiger partial charge in [0.05, 0.1) is 17.6 Å². The summed E-state index contributed by atoms with van der Waals surface area (Å²) in [5, 5.41) is 0.990. The molecule has 0 aliphatic carbocycles. The molecular formula is C11H20N2O2S. The van der Waals surface area contributed by atoms with Crippen molar-refractivity contribution in [2.45, 2.75) is 39.3 Å². The third-order valence-corrected chi connectivity index (χ3v) is 2.77. The van der Waals surface area contributed by atoms with Gasteiger partial charge in [-0.25, -0.2) is 4.79 Å². The lowest BCUT2D eigenvalue weighted by molar-refractivity contribution is 0.0265. The number of carbonyl (C=O) groups excluding carboxylic acids is 1.